The van der Waals surface area contributed by atoms with Gasteiger partial charge in [0.15, 0.2) is 6.04 Å². The molecule has 0 aliphatic heterocycles. The Labute approximate surface area is 137 Å². The summed E-state index contributed by atoms with van der Waals surface area (Å²) < 4.78 is 1.38. The molecule has 0 spiro atoms. The molecule has 104 valence electrons. The van der Waals surface area contributed by atoms with Crippen LogP contribution in [0.25, 0.3) is 0 Å². The Morgan fingerprint density at radius 3 is 2.50 bits per heavy atom. The normalized spacial score (nSPS) is 11.9. The van der Waals surface area contributed by atoms with E-state index in [2.05, 4.69) is 42.2 Å². The molecule has 0 radical (unpaired) electrons. The molecule has 20 heavy (non-hydrogen) atoms. The second-order valence-electron chi connectivity index (χ2n) is 3.94. The Bertz CT molecular complexity index is 635. The van der Waals surface area contributed by atoms with Crippen LogP contribution in [-0.2, 0) is 4.79 Å². The number of carboxylic acids is 1. The number of aliphatic carboxylic acids is 1. The van der Waals surface area contributed by atoms with Crippen LogP contribution in [-0.4, -0.2) is 16.1 Å². The first-order valence-corrected chi connectivity index (χ1v) is 7.49. The fourth-order valence-corrected chi connectivity index (χ4v) is 2.94. The van der Waals surface area contributed by atoms with Gasteiger partial charge >= 0.3 is 5.97 Å². The van der Waals surface area contributed by atoms with Crippen LogP contribution in [0, 0.1) is 0 Å². The van der Waals surface area contributed by atoms with Crippen LogP contribution in [0.5, 0.6) is 0 Å². The quantitative estimate of drug-likeness (QED) is 0.765. The molecular weight excluding hydrogens is 411 g/mol. The average molecular weight is 420 g/mol. The maximum Gasteiger partial charge on any atom is 0.332 e. The van der Waals surface area contributed by atoms with Crippen LogP contribution < -0.4 is 5.32 Å². The molecule has 2 rings (SSSR count). The Morgan fingerprint density at radius 1 is 1.30 bits per heavy atom. The average Bonchev–Trinajstić information content (AvgIpc) is 2.39. The third-order valence-electron chi connectivity index (χ3n) is 2.51. The van der Waals surface area contributed by atoms with Gasteiger partial charge in [-0.15, -0.1) is 0 Å². The van der Waals surface area contributed by atoms with Crippen molar-refractivity contribution >= 4 is 55.1 Å². The van der Waals surface area contributed by atoms with Crippen molar-refractivity contribution in [2.75, 3.05) is 5.32 Å². The van der Waals surface area contributed by atoms with Gasteiger partial charge in [-0.25, -0.2) is 4.79 Å². The van der Waals surface area contributed by atoms with E-state index >= 15 is 0 Å². The summed E-state index contributed by atoms with van der Waals surface area (Å²) in [7, 11) is 0. The highest BCUT2D eigenvalue weighted by Crippen LogP contribution is 2.27. The van der Waals surface area contributed by atoms with Crippen LogP contribution >= 0.6 is 43.5 Å². The van der Waals surface area contributed by atoms with E-state index in [1.54, 1.807) is 36.5 Å². The van der Waals surface area contributed by atoms with E-state index in [-0.39, 0.29) is 0 Å². The van der Waals surface area contributed by atoms with Crippen molar-refractivity contribution in [2.45, 2.75) is 6.04 Å². The topological polar surface area (TPSA) is 62.2 Å². The lowest BCUT2D eigenvalue weighted by Gasteiger charge is -2.16. The van der Waals surface area contributed by atoms with Crippen molar-refractivity contribution < 1.29 is 9.90 Å². The zero-order valence-electron chi connectivity index (χ0n) is 9.98. The van der Waals surface area contributed by atoms with Crippen molar-refractivity contribution in [2.24, 2.45) is 0 Å². The van der Waals surface area contributed by atoms with Crippen molar-refractivity contribution in [3.63, 3.8) is 0 Å². The number of halogens is 3. The van der Waals surface area contributed by atoms with Gasteiger partial charge in [0, 0.05) is 25.9 Å². The van der Waals surface area contributed by atoms with Gasteiger partial charge < -0.3 is 10.4 Å². The summed E-state index contributed by atoms with van der Waals surface area (Å²) in [4.78, 5) is 15.6. The number of carbonyl (C=O) groups is 1. The van der Waals surface area contributed by atoms with Crippen LogP contribution in [0.2, 0.25) is 5.02 Å². The molecule has 0 amide bonds. The minimum atomic E-state index is -1.02. The second-order valence-corrected chi connectivity index (χ2v) is 6.15. The molecule has 1 heterocycles. The van der Waals surface area contributed by atoms with Gasteiger partial charge in [-0.3, -0.25) is 4.98 Å². The SMILES string of the molecule is O=C(O)C(Nc1ccc(Cl)cc1)c1ncc(Br)cc1Br. The molecule has 1 aromatic carbocycles. The molecule has 0 aliphatic rings. The number of rotatable bonds is 4. The first-order chi connectivity index (χ1) is 9.47. The van der Waals surface area contributed by atoms with E-state index < -0.39 is 12.0 Å². The summed E-state index contributed by atoms with van der Waals surface area (Å²) in [6, 6.07) is 7.59. The van der Waals surface area contributed by atoms with Gasteiger partial charge in [0.1, 0.15) is 0 Å². The highest BCUT2D eigenvalue weighted by molar-refractivity contribution is 9.11. The van der Waals surface area contributed by atoms with Crippen molar-refractivity contribution in [3.05, 3.63) is 56.2 Å². The number of nitrogens with zero attached hydrogens (tertiary/aromatic N) is 1. The van der Waals surface area contributed by atoms with Crippen LogP contribution in [0.4, 0.5) is 5.69 Å². The Kier molecular flexibility index (Phi) is 5.01. The van der Waals surface area contributed by atoms with Crippen LogP contribution in [0.1, 0.15) is 11.7 Å². The Morgan fingerprint density at radius 2 is 1.95 bits per heavy atom. The molecule has 0 saturated heterocycles. The number of nitrogens with one attached hydrogen (secondary N) is 1. The minimum Gasteiger partial charge on any atom is -0.479 e. The largest absolute Gasteiger partial charge is 0.479 e. The molecule has 0 aliphatic carbocycles. The zero-order chi connectivity index (χ0) is 14.7. The van der Waals surface area contributed by atoms with Gasteiger partial charge in [0.25, 0.3) is 0 Å². The summed E-state index contributed by atoms with van der Waals surface area (Å²) in [5.74, 6) is -1.02. The summed E-state index contributed by atoms with van der Waals surface area (Å²) in [5.41, 5.74) is 1.05. The predicted molar refractivity (Wildman–Crippen MR) is 85.1 cm³/mol. The summed E-state index contributed by atoms with van der Waals surface area (Å²) >= 11 is 12.4. The highest BCUT2D eigenvalue weighted by Gasteiger charge is 2.23. The molecule has 0 fully saturated rings. The predicted octanol–water partition coefficient (Wildman–Crippen LogP) is 4.50. The van der Waals surface area contributed by atoms with Crippen molar-refractivity contribution in [3.8, 4) is 0 Å². The first kappa shape index (κ1) is 15.3. The van der Waals surface area contributed by atoms with Gasteiger partial charge in [-0.05, 0) is 62.2 Å². The lowest BCUT2D eigenvalue weighted by atomic mass is 10.1. The standard InChI is InChI=1S/C13H9Br2ClN2O2/c14-7-5-10(15)11(17-6-7)12(13(19)20)18-9-3-1-8(16)2-4-9/h1-6,12,18H,(H,19,20). The molecule has 2 N–H and O–H groups in total. The minimum absolute atomic E-state index is 0.399. The van der Waals surface area contributed by atoms with E-state index in [9.17, 15) is 9.90 Å². The number of anilines is 1. The maximum absolute atomic E-state index is 11.4. The van der Waals surface area contributed by atoms with Crippen molar-refractivity contribution in [1.82, 2.24) is 4.98 Å². The van der Waals surface area contributed by atoms with Gasteiger partial charge in [-0.2, -0.15) is 0 Å². The third-order valence-corrected chi connectivity index (χ3v) is 3.83. The Balaban J connectivity index is 2.31. The number of benzene rings is 1. The molecule has 4 nitrogen and oxygen atoms in total. The molecule has 1 unspecified atom stereocenters. The van der Waals surface area contributed by atoms with E-state index in [1.807, 2.05) is 0 Å². The fraction of sp³-hybridized carbons (Fsp3) is 0.0769. The smallest absolute Gasteiger partial charge is 0.332 e. The van der Waals surface area contributed by atoms with E-state index in [0.29, 0.717) is 20.9 Å². The maximum atomic E-state index is 11.4. The number of carboxylic acid groups (broad SMARTS) is 1. The number of pyridine rings is 1. The number of hydrogen-bond donors (Lipinski definition) is 2. The van der Waals surface area contributed by atoms with E-state index in [1.165, 1.54) is 0 Å². The number of hydrogen-bond acceptors (Lipinski definition) is 3. The van der Waals surface area contributed by atoms with Gasteiger partial charge in [-0.1, -0.05) is 11.6 Å². The van der Waals surface area contributed by atoms with Crippen molar-refractivity contribution in [1.29, 1.82) is 0 Å². The molecular formula is C13H9Br2ClN2O2. The van der Waals surface area contributed by atoms with Gasteiger partial charge in [0.2, 0.25) is 0 Å². The molecule has 2 aromatic rings. The molecule has 7 heteroatoms. The monoisotopic (exact) mass is 418 g/mol. The zero-order valence-corrected chi connectivity index (χ0v) is 13.9. The van der Waals surface area contributed by atoms with Crippen LogP contribution in [0.3, 0.4) is 0 Å². The summed E-state index contributed by atoms with van der Waals surface area (Å²) in [6.07, 6.45) is 1.56. The Hall–Kier alpha value is -1.11. The second kappa shape index (κ2) is 6.56. The lowest BCUT2D eigenvalue weighted by Crippen LogP contribution is -2.22. The molecule has 0 bridgehead atoms. The summed E-state index contributed by atoms with van der Waals surface area (Å²) in [6.45, 7) is 0. The fourth-order valence-electron chi connectivity index (χ4n) is 1.60. The molecule has 0 saturated carbocycles. The number of aromatic nitrogens is 1. The lowest BCUT2D eigenvalue weighted by molar-refractivity contribution is -0.138. The molecule has 1 aromatic heterocycles. The molecule has 1 atom stereocenters. The summed E-state index contributed by atoms with van der Waals surface area (Å²) in [5, 5.41) is 12.9. The van der Waals surface area contributed by atoms with Gasteiger partial charge in [0.05, 0.1) is 5.69 Å². The first-order valence-electron chi connectivity index (χ1n) is 5.53. The third kappa shape index (κ3) is 3.71. The van der Waals surface area contributed by atoms with E-state index in [4.69, 9.17) is 11.6 Å². The highest BCUT2D eigenvalue weighted by atomic mass is 79.9. The van der Waals surface area contributed by atoms with Crippen LogP contribution in [0.15, 0.2) is 45.5 Å². The van der Waals surface area contributed by atoms with E-state index in [0.717, 1.165) is 4.47 Å².